The highest BCUT2D eigenvalue weighted by molar-refractivity contribution is 6.16. The number of carbonyl (C=O) groups excluding carboxylic acids is 1. The Morgan fingerprint density at radius 1 is 1.05 bits per heavy atom. The second-order valence-electron chi connectivity index (χ2n) is 4.69. The summed E-state index contributed by atoms with van der Waals surface area (Å²) in [6.07, 6.45) is 3.39. The lowest BCUT2D eigenvalue weighted by Gasteiger charge is -2.07. The van der Waals surface area contributed by atoms with E-state index in [0.717, 1.165) is 16.5 Å². The molecule has 3 heteroatoms. The van der Waals surface area contributed by atoms with E-state index in [1.165, 1.54) is 0 Å². The lowest BCUT2D eigenvalue weighted by atomic mass is 10.00. The molecule has 0 radical (unpaired) electrons. The van der Waals surface area contributed by atoms with Crippen LogP contribution in [-0.2, 0) is 0 Å². The predicted molar refractivity (Wildman–Crippen MR) is 82.8 cm³/mol. The molecule has 2 aromatic carbocycles. The minimum absolute atomic E-state index is 0.0256. The van der Waals surface area contributed by atoms with E-state index in [2.05, 4.69) is 4.98 Å². The summed E-state index contributed by atoms with van der Waals surface area (Å²) < 4.78 is 5.39. The zero-order chi connectivity index (χ0) is 14.7. The van der Waals surface area contributed by atoms with Gasteiger partial charge in [0.05, 0.1) is 6.61 Å². The van der Waals surface area contributed by atoms with Crippen molar-refractivity contribution < 1.29 is 9.53 Å². The van der Waals surface area contributed by atoms with Crippen LogP contribution >= 0.6 is 0 Å². The molecule has 3 aromatic rings. The SMILES string of the molecule is CCOc1ccc(C(=O)c2cncc3ccccc23)cc1. The standard InChI is InChI=1S/C18H15NO2/c1-2-21-15-9-7-13(8-10-15)18(20)17-12-19-11-14-5-3-4-6-16(14)17/h3-12H,2H2,1H3. The van der Waals surface area contributed by atoms with E-state index in [0.29, 0.717) is 17.7 Å². The van der Waals surface area contributed by atoms with Gasteiger partial charge in [0.2, 0.25) is 0 Å². The maximum Gasteiger partial charge on any atom is 0.195 e. The summed E-state index contributed by atoms with van der Waals surface area (Å²) in [5.41, 5.74) is 1.26. The van der Waals surface area contributed by atoms with Gasteiger partial charge in [-0.25, -0.2) is 0 Å². The summed E-state index contributed by atoms with van der Waals surface area (Å²) in [5.74, 6) is 0.743. The minimum Gasteiger partial charge on any atom is -0.494 e. The Morgan fingerprint density at radius 2 is 1.81 bits per heavy atom. The lowest BCUT2D eigenvalue weighted by Crippen LogP contribution is -2.03. The third-order valence-electron chi connectivity index (χ3n) is 3.34. The van der Waals surface area contributed by atoms with Gasteiger partial charge in [-0.1, -0.05) is 24.3 Å². The second-order valence-corrected chi connectivity index (χ2v) is 4.69. The average molecular weight is 277 g/mol. The first-order valence-corrected chi connectivity index (χ1v) is 6.90. The zero-order valence-electron chi connectivity index (χ0n) is 11.7. The van der Waals surface area contributed by atoms with Gasteiger partial charge in [-0.15, -0.1) is 0 Å². The molecule has 1 aromatic heterocycles. The topological polar surface area (TPSA) is 39.2 Å². The number of fused-ring (bicyclic) bond motifs is 1. The van der Waals surface area contributed by atoms with Crippen LogP contribution in [0.2, 0.25) is 0 Å². The molecule has 1 heterocycles. The van der Waals surface area contributed by atoms with Crippen LogP contribution in [0.5, 0.6) is 5.75 Å². The van der Waals surface area contributed by atoms with Crippen molar-refractivity contribution in [3.63, 3.8) is 0 Å². The Hall–Kier alpha value is -2.68. The van der Waals surface area contributed by atoms with Crippen molar-refractivity contribution in [2.24, 2.45) is 0 Å². The Kier molecular flexibility index (Phi) is 3.65. The molecule has 0 unspecified atom stereocenters. The first-order chi connectivity index (χ1) is 10.3. The van der Waals surface area contributed by atoms with Crippen molar-refractivity contribution in [1.82, 2.24) is 4.98 Å². The van der Waals surface area contributed by atoms with Crippen LogP contribution in [0.1, 0.15) is 22.8 Å². The van der Waals surface area contributed by atoms with E-state index in [9.17, 15) is 4.79 Å². The average Bonchev–Trinajstić information content (AvgIpc) is 2.55. The molecule has 0 aliphatic carbocycles. The van der Waals surface area contributed by atoms with Gasteiger partial charge < -0.3 is 4.74 Å². The van der Waals surface area contributed by atoms with E-state index in [-0.39, 0.29) is 5.78 Å². The highest BCUT2D eigenvalue weighted by Crippen LogP contribution is 2.21. The number of ketones is 1. The third-order valence-corrected chi connectivity index (χ3v) is 3.34. The van der Waals surface area contributed by atoms with Crippen LogP contribution in [0, 0.1) is 0 Å². The van der Waals surface area contributed by atoms with Crippen molar-refractivity contribution in [3.05, 3.63) is 72.1 Å². The molecule has 0 fully saturated rings. The van der Waals surface area contributed by atoms with Gasteiger partial charge in [0, 0.05) is 28.9 Å². The molecule has 3 rings (SSSR count). The Morgan fingerprint density at radius 3 is 2.57 bits per heavy atom. The van der Waals surface area contributed by atoms with Crippen molar-refractivity contribution in [2.75, 3.05) is 6.61 Å². The summed E-state index contributed by atoms with van der Waals surface area (Å²) in [4.78, 5) is 16.8. The first-order valence-electron chi connectivity index (χ1n) is 6.90. The van der Waals surface area contributed by atoms with Crippen LogP contribution in [-0.4, -0.2) is 17.4 Å². The van der Waals surface area contributed by atoms with E-state index >= 15 is 0 Å². The Labute approximate surface area is 123 Å². The van der Waals surface area contributed by atoms with Crippen molar-refractivity contribution in [2.45, 2.75) is 6.92 Å². The number of nitrogens with zero attached hydrogens (tertiary/aromatic N) is 1. The fraction of sp³-hybridized carbons (Fsp3) is 0.111. The van der Waals surface area contributed by atoms with Gasteiger partial charge >= 0.3 is 0 Å². The van der Waals surface area contributed by atoms with Gasteiger partial charge in [0.1, 0.15) is 5.75 Å². The van der Waals surface area contributed by atoms with Gasteiger partial charge in [0.15, 0.2) is 5.78 Å². The van der Waals surface area contributed by atoms with Crippen molar-refractivity contribution in [1.29, 1.82) is 0 Å². The van der Waals surface area contributed by atoms with Gasteiger partial charge in [0.25, 0.3) is 0 Å². The minimum atomic E-state index is -0.0256. The molecular formula is C18H15NO2. The molecule has 104 valence electrons. The normalized spacial score (nSPS) is 10.5. The third kappa shape index (κ3) is 2.63. The van der Waals surface area contributed by atoms with Crippen LogP contribution in [0.4, 0.5) is 0 Å². The Bertz CT molecular complexity index is 773. The summed E-state index contributed by atoms with van der Waals surface area (Å²) >= 11 is 0. The molecule has 3 nitrogen and oxygen atoms in total. The smallest absolute Gasteiger partial charge is 0.195 e. The lowest BCUT2D eigenvalue weighted by molar-refractivity contribution is 0.104. The molecule has 0 atom stereocenters. The summed E-state index contributed by atoms with van der Waals surface area (Å²) in [6.45, 7) is 2.54. The highest BCUT2D eigenvalue weighted by atomic mass is 16.5. The van der Waals surface area contributed by atoms with Crippen LogP contribution in [0.15, 0.2) is 60.9 Å². The largest absolute Gasteiger partial charge is 0.494 e. The number of benzene rings is 2. The van der Waals surface area contributed by atoms with E-state index in [1.807, 2.05) is 43.3 Å². The number of carbonyl (C=O) groups is 1. The summed E-state index contributed by atoms with van der Waals surface area (Å²) in [7, 11) is 0. The van der Waals surface area contributed by atoms with Gasteiger partial charge in [-0.3, -0.25) is 9.78 Å². The van der Waals surface area contributed by atoms with E-state index in [1.54, 1.807) is 24.5 Å². The van der Waals surface area contributed by atoms with E-state index < -0.39 is 0 Å². The number of hydrogen-bond donors (Lipinski definition) is 0. The molecular weight excluding hydrogens is 262 g/mol. The highest BCUT2D eigenvalue weighted by Gasteiger charge is 2.12. The van der Waals surface area contributed by atoms with Gasteiger partial charge in [-0.05, 0) is 36.6 Å². The van der Waals surface area contributed by atoms with Crippen molar-refractivity contribution in [3.8, 4) is 5.75 Å². The summed E-state index contributed by atoms with van der Waals surface area (Å²) in [6, 6.07) is 15.0. The zero-order valence-corrected chi connectivity index (χ0v) is 11.7. The Balaban J connectivity index is 2.00. The number of aromatic nitrogens is 1. The molecule has 0 bridgehead atoms. The van der Waals surface area contributed by atoms with Crippen LogP contribution < -0.4 is 4.74 Å². The van der Waals surface area contributed by atoms with E-state index in [4.69, 9.17) is 4.74 Å². The van der Waals surface area contributed by atoms with Gasteiger partial charge in [-0.2, -0.15) is 0 Å². The quantitative estimate of drug-likeness (QED) is 0.680. The molecule has 0 amide bonds. The number of rotatable bonds is 4. The maximum atomic E-state index is 12.6. The molecule has 0 aliphatic heterocycles. The van der Waals surface area contributed by atoms with Crippen LogP contribution in [0.3, 0.4) is 0 Å². The van der Waals surface area contributed by atoms with Crippen LogP contribution in [0.25, 0.3) is 10.8 Å². The first kappa shape index (κ1) is 13.3. The molecule has 0 saturated carbocycles. The number of ether oxygens (including phenoxy) is 1. The molecule has 0 N–H and O–H groups in total. The fourth-order valence-electron chi connectivity index (χ4n) is 2.32. The molecule has 0 aliphatic rings. The fourth-order valence-corrected chi connectivity index (χ4v) is 2.32. The predicted octanol–water partition coefficient (Wildman–Crippen LogP) is 3.86. The molecule has 0 saturated heterocycles. The molecule has 0 spiro atoms. The number of hydrogen-bond acceptors (Lipinski definition) is 3. The van der Waals surface area contributed by atoms with Crippen molar-refractivity contribution >= 4 is 16.6 Å². The monoisotopic (exact) mass is 277 g/mol. The molecule has 21 heavy (non-hydrogen) atoms. The second kappa shape index (κ2) is 5.75. The maximum absolute atomic E-state index is 12.6. The summed E-state index contributed by atoms with van der Waals surface area (Å²) in [5, 5.41) is 1.89. The number of pyridine rings is 1.